The van der Waals surface area contributed by atoms with Crippen molar-refractivity contribution in [3.05, 3.63) is 137 Å². The van der Waals surface area contributed by atoms with Crippen molar-refractivity contribution in [2.45, 2.75) is 19.9 Å². The molecule has 0 saturated carbocycles. The summed E-state index contributed by atoms with van der Waals surface area (Å²) in [6.07, 6.45) is 1.61. The second-order valence-corrected chi connectivity index (χ2v) is 12.1. The van der Waals surface area contributed by atoms with Crippen LogP contribution in [0.15, 0.2) is 126 Å². The molecule has 1 atom stereocenters. The molecule has 0 fully saturated rings. The largest absolute Gasteiger partial charge is 0.493 e. The van der Waals surface area contributed by atoms with Gasteiger partial charge < -0.3 is 29.4 Å². The van der Waals surface area contributed by atoms with E-state index in [1.807, 2.05) is 91.0 Å². The maximum atomic E-state index is 13.0. The van der Waals surface area contributed by atoms with Crippen molar-refractivity contribution in [2.24, 2.45) is 5.10 Å². The van der Waals surface area contributed by atoms with Crippen molar-refractivity contribution < 1.29 is 28.6 Å². The zero-order valence-corrected chi connectivity index (χ0v) is 29.4. The highest BCUT2D eigenvalue weighted by atomic mass is 35.5. The predicted molar refractivity (Wildman–Crippen MR) is 200 cm³/mol. The van der Waals surface area contributed by atoms with Gasteiger partial charge in [-0.3, -0.25) is 4.79 Å². The molecule has 1 aromatic heterocycles. The summed E-state index contributed by atoms with van der Waals surface area (Å²) in [7, 11) is 1.45. The monoisotopic (exact) mass is 717 g/mol. The third-order valence-corrected chi connectivity index (χ3v) is 8.52. The molecule has 0 bridgehead atoms. The van der Waals surface area contributed by atoms with Crippen molar-refractivity contribution in [3.63, 3.8) is 0 Å². The Labute approximate surface area is 305 Å². The first kappa shape index (κ1) is 35.5. The maximum absolute atomic E-state index is 13.0. The molecule has 12 heteroatoms. The first-order valence-electron chi connectivity index (χ1n) is 16.5. The van der Waals surface area contributed by atoms with Crippen LogP contribution in [0.1, 0.15) is 31.0 Å². The summed E-state index contributed by atoms with van der Waals surface area (Å²) in [5.74, 6) is -0.476. The van der Waals surface area contributed by atoms with Crippen LogP contribution >= 0.6 is 11.6 Å². The molecule has 1 aliphatic rings. The van der Waals surface area contributed by atoms with Crippen LogP contribution in [-0.4, -0.2) is 49.0 Å². The van der Waals surface area contributed by atoms with E-state index in [1.54, 1.807) is 38.3 Å². The number of hydrogen-bond acceptors (Lipinski definition) is 7. The lowest BCUT2D eigenvalue weighted by atomic mass is 9.95. The third-order valence-electron chi connectivity index (χ3n) is 8.27. The van der Waals surface area contributed by atoms with E-state index in [1.165, 1.54) is 7.11 Å². The molecule has 4 aromatic carbocycles. The molecule has 1 aliphatic heterocycles. The molecule has 0 saturated heterocycles. The molecule has 52 heavy (non-hydrogen) atoms. The van der Waals surface area contributed by atoms with Crippen LogP contribution in [0.5, 0.6) is 11.5 Å². The van der Waals surface area contributed by atoms with E-state index >= 15 is 0 Å². The smallest absolute Gasteiger partial charge is 0.338 e. The number of urea groups is 1. The van der Waals surface area contributed by atoms with Crippen LogP contribution in [0.4, 0.5) is 4.79 Å². The van der Waals surface area contributed by atoms with Gasteiger partial charge in [0.25, 0.3) is 5.91 Å². The van der Waals surface area contributed by atoms with Crippen LogP contribution in [0.2, 0.25) is 5.02 Å². The zero-order chi connectivity index (χ0) is 36.6. The van der Waals surface area contributed by atoms with Gasteiger partial charge in [-0.1, -0.05) is 78.3 Å². The topological polar surface area (TPSA) is 132 Å². The van der Waals surface area contributed by atoms with Crippen LogP contribution in [0, 0.1) is 0 Å². The Kier molecular flexibility index (Phi) is 11.0. The Morgan fingerprint density at radius 3 is 2.29 bits per heavy atom. The van der Waals surface area contributed by atoms with Crippen LogP contribution < -0.4 is 25.5 Å². The fourth-order valence-electron chi connectivity index (χ4n) is 5.96. The number of methoxy groups -OCH3 is 1. The van der Waals surface area contributed by atoms with Crippen molar-refractivity contribution >= 4 is 35.7 Å². The number of benzene rings is 4. The van der Waals surface area contributed by atoms with E-state index in [0.29, 0.717) is 22.0 Å². The highest BCUT2D eigenvalue weighted by Crippen LogP contribution is 2.37. The van der Waals surface area contributed by atoms with Crippen molar-refractivity contribution in [2.75, 3.05) is 20.3 Å². The van der Waals surface area contributed by atoms with E-state index < -0.39 is 23.9 Å². The molecule has 0 radical (unpaired) electrons. The van der Waals surface area contributed by atoms with Crippen molar-refractivity contribution in [1.82, 2.24) is 20.6 Å². The Bertz CT molecular complexity index is 2150. The van der Waals surface area contributed by atoms with E-state index in [9.17, 15) is 14.4 Å². The van der Waals surface area contributed by atoms with E-state index in [2.05, 4.69) is 25.7 Å². The lowest BCUT2D eigenvalue weighted by Crippen LogP contribution is -2.45. The molecular formula is C40H36ClN5O6. The lowest BCUT2D eigenvalue weighted by molar-refractivity contribution is -0.139. The summed E-state index contributed by atoms with van der Waals surface area (Å²) >= 11 is 6.25. The number of hydrogen-bond donors (Lipinski definition) is 3. The average molecular weight is 718 g/mol. The lowest BCUT2D eigenvalue weighted by Gasteiger charge is -2.28. The quantitative estimate of drug-likeness (QED) is 0.0711. The molecule has 3 N–H and O–H groups in total. The van der Waals surface area contributed by atoms with Crippen LogP contribution in [-0.2, 0) is 14.3 Å². The molecule has 2 heterocycles. The number of nitrogens with zero attached hydrogens (tertiary/aromatic N) is 2. The summed E-state index contributed by atoms with van der Waals surface area (Å²) in [6.45, 7) is 3.15. The highest BCUT2D eigenvalue weighted by molar-refractivity contribution is 6.30. The van der Waals surface area contributed by atoms with Gasteiger partial charge >= 0.3 is 12.0 Å². The number of nitrogens with one attached hydrogen (secondary N) is 3. The Morgan fingerprint density at radius 1 is 0.923 bits per heavy atom. The molecular weight excluding hydrogens is 682 g/mol. The van der Waals surface area contributed by atoms with Crippen LogP contribution in [0.3, 0.4) is 0 Å². The second-order valence-electron chi connectivity index (χ2n) is 11.7. The number of carbonyl (C=O) groups is 3. The number of aromatic nitrogens is 1. The Morgan fingerprint density at radius 2 is 1.62 bits per heavy atom. The standard InChI is InChI=1S/C40H36ClN5O6/c1-4-51-39(48)36-25(2)43-40(49)44-37(36)28-15-20-33(34(22-28)50-3)52-24-35(47)45-42-23-29-21-32(26-11-7-5-8-12-26)46(31-18-16-30(41)17-19-31)38(29)27-13-9-6-10-14-27/h5-23,37H,4,24H2,1-3H3,(H,45,47)(H2,43,44,49)/b42-23+/t37-/m0/s1. The minimum absolute atomic E-state index is 0.178. The van der Waals surface area contributed by atoms with E-state index in [4.69, 9.17) is 25.8 Å². The summed E-state index contributed by atoms with van der Waals surface area (Å²) < 4.78 is 18.7. The number of rotatable bonds is 12. The molecule has 0 aliphatic carbocycles. The van der Waals surface area contributed by atoms with Gasteiger partial charge in [0.2, 0.25) is 0 Å². The van der Waals surface area contributed by atoms with Crippen molar-refractivity contribution in [3.8, 4) is 39.7 Å². The molecule has 11 nitrogen and oxygen atoms in total. The van der Waals surface area contributed by atoms with Gasteiger partial charge in [-0.25, -0.2) is 15.0 Å². The van der Waals surface area contributed by atoms with Gasteiger partial charge in [-0.2, -0.15) is 5.10 Å². The van der Waals surface area contributed by atoms with Crippen LogP contribution in [0.25, 0.3) is 28.2 Å². The first-order valence-corrected chi connectivity index (χ1v) is 16.9. The minimum Gasteiger partial charge on any atom is -0.493 e. The molecule has 0 unspecified atom stereocenters. The van der Waals surface area contributed by atoms with Gasteiger partial charge in [0.1, 0.15) is 0 Å². The zero-order valence-electron chi connectivity index (χ0n) is 28.7. The van der Waals surface area contributed by atoms with Gasteiger partial charge in [-0.15, -0.1) is 0 Å². The van der Waals surface area contributed by atoms with Gasteiger partial charge in [0.15, 0.2) is 18.1 Å². The SMILES string of the molecule is CCOC(=O)C1=C(C)NC(=O)N[C@H]1c1ccc(OCC(=O)N/N=C/c2cc(-c3ccccc3)n(-c3ccc(Cl)cc3)c2-c2ccccc2)c(OC)c1. The molecule has 264 valence electrons. The summed E-state index contributed by atoms with van der Waals surface area (Å²) in [6, 6.07) is 33.3. The first-order chi connectivity index (χ1) is 25.3. The summed E-state index contributed by atoms with van der Waals surface area (Å²) in [5.41, 5.74) is 9.21. The number of halogens is 1. The Hall–Kier alpha value is -6.33. The number of hydrazone groups is 1. The van der Waals surface area contributed by atoms with Gasteiger partial charge in [-0.05, 0) is 73.0 Å². The number of ether oxygens (including phenoxy) is 3. The molecule has 0 spiro atoms. The van der Waals surface area contributed by atoms with E-state index in [0.717, 1.165) is 33.8 Å². The number of carbonyl (C=O) groups excluding carboxylic acids is 3. The summed E-state index contributed by atoms with van der Waals surface area (Å²) in [5, 5.41) is 10.3. The normalized spacial score (nSPS) is 14.1. The molecule has 6 rings (SSSR count). The maximum Gasteiger partial charge on any atom is 0.338 e. The molecule has 3 amide bonds. The molecule has 5 aromatic rings. The van der Waals surface area contributed by atoms with Gasteiger partial charge in [0, 0.05) is 22.0 Å². The number of esters is 1. The predicted octanol–water partition coefficient (Wildman–Crippen LogP) is 7.19. The third kappa shape index (κ3) is 7.85. The van der Waals surface area contributed by atoms with Gasteiger partial charge in [0.05, 0.1) is 42.9 Å². The second kappa shape index (κ2) is 16.1. The highest BCUT2D eigenvalue weighted by Gasteiger charge is 2.32. The fraction of sp³-hybridized carbons (Fsp3) is 0.150. The van der Waals surface area contributed by atoms with Crippen molar-refractivity contribution in [1.29, 1.82) is 0 Å². The Balaban J connectivity index is 1.22. The minimum atomic E-state index is -0.786. The average Bonchev–Trinajstić information content (AvgIpc) is 3.54. The number of amides is 3. The van der Waals surface area contributed by atoms with E-state index in [-0.39, 0.29) is 24.5 Å². The fourth-order valence-corrected chi connectivity index (χ4v) is 6.08. The number of allylic oxidation sites excluding steroid dienone is 1. The summed E-state index contributed by atoms with van der Waals surface area (Å²) in [4.78, 5) is 38.0.